The van der Waals surface area contributed by atoms with Crippen LogP contribution in [-0.4, -0.2) is 74.2 Å². The highest BCUT2D eigenvalue weighted by atomic mass is 32.2. The molecule has 3 rings (SSSR count). The van der Waals surface area contributed by atoms with Crippen molar-refractivity contribution < 1.29 is 23.2 Å². The number of hydrogen-bond donors (Lipinski definition) is 3. The van der Waals surface area contributed by atoms with Crippen LogP contribution in [0, 0.1) is 5.92 Å². The minimum Gasteiger partial charge on any atom is -0.379 e. The Morgan fingerprint density at radius 2 is 1.76 bits per heavy atom. The van der Waals surface area contributed by atoms with Gasteiger partial charge >= 0.3 is 0 Å². The van der Waals surface area contributed by atoms with E-state index in [1.165, 1.54) is 24.1 Å². The van der Waals surface area contributed by atoms with Crippen molar-refractivity contribution in [1.82, 2.24) is 14.7 Å². The zero-order valence-corrected chi connectivity index (χ0v) is 21.0. The van der Waals surface area contributed by atoms with Gasteiger partial charge in [-0.25, -0.2) is 18.2 Å². The number of rotatable bonds is 11. The van der Waals surface area contributed by atoms with E-state index in [1.807, 2.05) is 30.3 Å². The number of sulfonamides is 1. The molecule has 0 radical (unpaired) electrons. The summed E-state index contributed by atoms with van der Waals surface area (Å²) < 4.78 is 35.1. The SMILES string of the molecule is CC(C)[C@H](C(=O)NO)N(CCN1CCOCC1)Sc1ccc(NS(=O)(=O)c2ccccc2)cc1. The topological polar surface area (TPSA) is 111 Å². The molecule has 2 aromatic rings. The average molecular weight is 509 g/mol. The van der Waals surface area contributed by atoms with Crippen LogP contribution in [0.15, 0.2) is 64.4 Å². The van der Waals surface area contributed by atoms with Crippen LogP contribution in [-0.2, 0) is 19.6 Å². The third-order valence-electron chi connectivity index (χ3n) is 5.44. The minimum absolute atomic E-state index is 0.0405. The number of carbonyl (C=O) groups is 1. The molecule has 9 nitrogen and oxygen atoms in total. The molecule has 1 fully saturated rings. The van der Waals surface area contributed by atoms with Crippen molar-refractivity contribution in [2.45, 2.75) is 29.7 Å². The Labute approximate surface area is 205 Å². The number of ether oxygens (including phenoxy) is 1. The molecule has 1 aliphatic rings. The van der Waals surface area contributed by atoms with Crippen LogP contribution in [0.1, 0.15) is 13.8 Å². The molecule has 0 aliphatic carbocycles. The molecule has 0 aromatic heterocycles. The Balaban J connectivity index is 1.72. The Kier molecular flexibility index (Phi) is 9.74. The molecule has 0 saturated carbocycles. The largest absolute Gasteiger partial charge is 0.379 e. The number of hydroxylamine groups is 1. The first-order chi connectivity index (χ1) is 16.3. The van der Waals surface area contributed by atoms with Gasteiger partial charge in [0.2, 0.25) is 0 Å². The highest BCUT2D eigenvalue weighted by Crippen LogP contribution is 2.29. The van der Waals surface area contributed by atoms with E-state index in [9.17, 15) is 18.4 Å². The number of anilines is 1. The Bertz CT molecular complexity index is 1010. The molecule has 3 N–H and O–H groups in total. The van der Waals surface area contributed by atoms with E-state index in [2.05, 4.69) is 9.62 Å². The van der Waals surface area contributed by atoms with Gasteiger partial charge in [-0.15, -0.1) is 0 Å². The van der Waals surface area contributed by atoms with E-state index in [0.717, 1.165) is 24.5 Å². The second-order valence-corrected chi connectivity index (χ2v) is 11.1. The maximum Gasteiger partial charge on any atom is 0.261 e. The van der Waals surface area contributed by atoms with Gasteiger partial charge in [-0.1, -0.05) is 32.0 Å². The van der Waals surface area contributed by atoms with Crippen molar-refractivity contribution in [3.63, 3.8) is 0 Å². The van der Waals surface area contributed by atoms with E-state index in [4.69, 9.17) is 4.74 Å². The molecule has 11 heteroatoms. The lowest BCUT2D eigenvalue weighted by molar-refractivity contribution is -0.134. The number of nitrogens with zero attached hydrogens (tertiary/aromatic N) is 2. The zero-order valence-electron chi connectivity index (χ0n) is 19.4. The number of nitrogens with one attached hydrogen (secondary N) is 2. The van der Waals surface area contributed by atoms with Crippen molar-refractivity contribution in [2.75, 3.05) is 44.1 Å². The summed E-state index contributed by atoms with van der Waals surface area (Å²) in [6, 6.07) is 14.6. The van der Waals surface area contributed by atoms with Crippen molar-refractivity contribution in [3.8, 4) is 0 Å². The summed E-state index contributed by atoms with van der Waals surface area (Å²) in [7, 11) is -3.67. The predicted molar refractivity (Wildman–Crippen MR) is 132 cm³/mol. The lowest BCUT2D eigenvalue weighted by Crippen LogP contribution is -2.49. The van der Waals surface area contributed by atoms with E-state index in [1.54, 1.807) is 35.8 Å². The third-order valence-corrected chi connectivity index (χ3v) is 7.97. The second-order valence-electron chi connectivity index (χ2n) is 8.29. The molecule has 2 aromatic carbocycles. The maximum atomic E-state index is 12.6. The molecule has 0 unspecified atom stereocenters. The lowest BCUT2D eigenvalue weighted by Gasteiger charge is -2.34. The first-order valence-corrected chi connectivity index (χ1v) is 13.4. The highest BCUT2D eigenvalue weighted by Gasteiger charge is 2.30. The van der Waals surface area contributed by atoms with Crippen LogP contribution in [0.25, 0.3) is 0 Å². The zero-order chi connectivity index (χ0) is 24.6. The van der Waals surface area contributed by atoms with Gasteiger partial charge in [0.25, 0.3) is 15.9 Å². The molecular weight excluding hydrogens is 476 g/mol. The van der Waals surface area contributed by atoms with Crippen LogP contribution in [0.3, 0.4) is 0 Å². The number of morpholine rings is 1. The first-order valence-electron chi connectivity index (χ1n) is 11.2. The van der Waals surface area contributed by atoms with Gasteiger partial charge in [0.1, 0.15) is 6.04 Å². The summed E-state index contributed by atoms with van der Waals surface area (Å²) in [5.41, 5.74) is 2.24. The number of amides is 1. The van der Waals surface area contributed by atoms with Crippen LogP contribution >= 0.6 is 11.9 Å². The Hall–Kier alpha value is -2.15. The van der Waals surface area contributed by atoms with Gasteiger partial charge in [-0.05, 0) is 54.3 Å². The predicted octanol–water partition coefficient (Wildman–Crippen LogP) is 2.66. The van der Waals surface area contributed by atoms with Gasteiger partial charge in [-0.2, -0.15) is 0 Å². The molecule has 0 bridgehead atoms. The quantitative estimate of drug-likeness (QED) is 0.241. The Morgan fingerprint density at radius 3 is 2.35 bits per heavy atom. The first kappa shape index (κ1) is 26.5. The van der Waals surface area contributed by atoms with E-state index >= 15 is 0 Å². The van der Waals surface area contributed by atoms with E-state index < -0.39 is 22.0 Å². The summed E-state index contributed by atoms with van der Waals surface area (Å²) in [5, 5.41) is 9.30. The van der Waals surface area contributed by atoms with Crippen molar-refractivity contribution in [3.05, 3.63) is 54.6 Å². The minimum atomic E-state index is -3.67. The number of carbonyl (C=O) groups excluding carboxylic acids is 1. The summed E-state index contributed by atoms with van der Waals surface area (Å²) in [6.45, 7) is 8.29. The molecule has 34 heavy (non-hydrogen) atoms. The van der Waals surface area contributed by atoms with Gasteiger partial charge in [-0.3, -0.25) is 19.6 Å². The molecule has 1 amide bonds. The fraction of sp³-hybridized carbons (Fsp3) is 0.435. The summed E-state index contributed by atoms with van der Waals surface area (Å²) in [6.07, 6.45) is 0. The fourth-order valence-electron chi connectivity index (χ4n) is 3.67. The molecule has 1 heterocycles. The van der Waals surface area contributed by atoms with Crippen molar-refractivity contribution in [2.24, 2.45) is 5.92 Å². The van der Waals surface area contributed by atoms with E-state index in [-0.39, 0.29) is 10.8 Å². The smallest absolute Gasteiger partial charge is 0.261 e. The van der Waals surface area contributed by atoms with Crippen LogP contribution in [0.2, 0.25) is 0 Å². The summed E-state index contributed by atoms with van der Waals surface area (Å²) in [5.74, 6) is -0.502. The third kappa shape index (κ3) is 7.42. The molecular formula is C23H32N4O5S2. The van der Waals surface area contributed by atoms with Gasteiger partial charge in [0, 0.05) is 36.8 Å². The molecule has 186 valence electrons. The van der Waals surface area contributed by atoms with E-state index in [0.29, 0.717) is 25.4 Å². The van der Waals surface area contributed by atoms with Crippen LogP contribution in [0.4, 0.5) is 5.69 Å². The summed E-state index contributed by atoms with van der Waals surface area (Å²) in [4.78, 5) is 15.8. The lowest BCUT2D eigenvalue weighted by atomic mass is 10.0. The summed E-state index contributed by atoms with van der Waals surface area (Å²) >= 11 is 1.41. The normalized spacial score (nSPS) is 15.9. The molecule has 1 saturated heterocycles. The molecule has 1 atom stereocenters. The number of benzene rings is 2. The molecule has 0 spiro atoms. The monoisotopic (exact) mass is 508 g/mol. The number of hydrogen-bond acceptors (Lipinski definition) is 8. The average Bonchev–Trinajstić information content (AvgIpc) is 2.84. The Morgan fingerprint density at radius 1 is 1.12 bits per heavy atom. The second kappa shape index (κ2) is 12.5. The van der Waals surface area contributed by atoms with Gasteiger partial charge in [0.05, 0.1) is 18.1 Å². The van der Waals surface area contributed by atoms with Crippen LogP contribution in [0.5, 0.6) is 0 Å². The fourth-order valence-corrected chi connectivity index (χ4v) is 5.91. The van der Waals surface area contributed by atoms with Gasteiger partial charge in [0.15, 0.2) is 0 Å². The van der Waals surface area contributed by atoms with Crippen molar-refractivity contribution >= 4 is 33.6 Å². The van der Waals surface area contributed by atoms with Crippen LogP contribution < -0.4 is 10.2 Å². The van der Waals surface area contributed by atoms with Crippen molar-refractivity contribution in [1.29, 1.82) is 0 Å². The maximum absolute atomic E-state index is 12.6. The highest BCUT2D eigenvalue weighted by molar-refractivity contribution is 7.97. The van der Waals surface area contributed by atoms with Gasteiger partial charge < -0.3 is 4.74 Å². The molecule has 1 aliphatic heterocycles. The standard InChI is InChI=1S/C23H32N4O5S2/c1-18(2)22(23(28)24-29)27(13-12-26-14-16-32-17-15-26)33-20-10-8-19(9-11-20)25-34(30,31)21-6-4-3-5-7-21/h3-11,18,22,25,29H,12-17H2,1-2H3,(H,24,28)/t22-/m1/s1.